The molecule has 5 fully saturated rings. The molecule has 4 aliphatic carbocycles. The number of amides is 1. The molecule has 160 valence electrons. The molecular formula is C22H35N5O2. The largest absolute Gasteiger partial charge is 0.377 e. The molecule has 2 atom stereocenters. The Kier molecular flexibility index (Phi) is 4.93. The van der Waals surface area contributed by atoms with Crippen molar-refractivity contribution in [1.82, 2.24) is 24.6 Å². The number of aromatic nitrogens is 3. The summed E-state index contributed by atoms with van der Waals surface area (Å²) in [5, 5.41) is 4.52. The van der Waals surface area contributed by atoms with Crippen LogP contribution in [0, 0.1) is 17.3 Å². The number of carbonyl (C=O) groups excluding carboxylic acids is 1. The smallest absolute Gasteiger partial charge is 0.228 e. The summed E-state index contributed by atoms with van der Waals surface area (Å²) in [4.78, 5) is 22.6. The third-order valence-electron chi connectivity index (χ3n) is 7.91. The van der Waals surface area contributed by atoms with E-state index in [1.165, 1.54) is 19.3 Å². The first kappa shape index (κ1) is 19.5. The molecule has 1 aromatic rings. The van der Waals surface area contributed by atoms with E-state index < -0.39 is 0 Å². The summed E-state index contributed by atoms with van der Waals surface area (Å²) < 4.78 is 7.79. The van der Waals surface area contributed by atoms with Crippen molar-refractivity contribution in [3.8, 4) is 0 Å². The lowest BCUT2D eigenvalue weighted by Crippen LogP contribution is -2.63. The minimum absolute atomic E-state index is 0.0201. The zero-order valence-corrected chi connectivity index (χ0v) is 17.9. The Morgan fingerprint density at radius 3 is 2.48 bits per heavy atom. The molecule has 0 aromatic carbocycles. The summed E-state index contributed by atoms with van der Waals surface area (Å²) in [6.07, 6.45) is 10.6. The van der Waals surface area contributed by atoms with Crippen LogP contribution >= 0.6 is 0 Å². The van der Waals surface area contributed by atoms with Crippen molar-refractivity contribution in [3.63, 3.8) is 0 Å². The fraction of sp³-hybridized carbons (Fsp3) is 0.864. The second kappa shape index (κ2) is 7.34. The van der Waals surface area contributed by atoms with Gasteiger partial charge in [0.15, 0.2) is 0 Å². The van der Waals surface area contributed by atoms with E-state index in [2.05, 4.69) is 38.4 Å². The molecule has 7 nitrogen and oxygen atoms in total. The summed E-state index contributed by atoms with van der Waals surface area (Å²) >= 11 is 0. The Hall–Kier alpha value is -1.47. The lowest BCUT2D eigenvalue weighted by atomic mass is 9.46. The third kappa shape index (κ3) is 3.50. The maximum atomic E-state index is 13.8. The fourth-order valence-electron chi connectivity index (χ4n) is 7.11. The highest BCUT2D eigenvalue weighted by Crippen LogP contribution is 2.64. The first-order valence-corrected chi connectivity index (χ1v) is 11.5. The zero-order valence-electron chi connectivity index (χ0n) is 17.9. The minimum atomic E-state index is -0.168. The zero-order chi connectivity index (χ0) is 20.1. The molecular weight excluding hydrogens is 366 g/mol. The van der Waals surface area contributed by atoms with Crippen LogP contribution in [-0.2, 0) is 15.1 Å². The van der Waals surface area contributed by atoms with E-state index in [4.69, 9.17) is 4.74 Å². The fourth-order valence-corrected chi connectivity index (χ4v) is 7.11. The van der Waals surface area contributed by atoms with Crippen LogP contribution in [0.3, 0.4) is 0 Å². The van der Waals surface area contributed by atoms with Gasteiger partial charge in [0.1, 0.15) is 12.7 Å². The van der Waals surface area contributed by atoms with Crippen molar-refractivity contribution in [2.75, 3.05) is 39.3 Å². The van der Waals surface area contributed by atoms with Crippen LogP contribution in [0.2, 0.25) is 0 Å². The van der Waals surface area contributed by atoms with Gasteiger partial charge in [0, 0.05) is 32.7 Å². The van der Waals surface area contributed by atoms with Crippen molar-refractivity contribution >= 4 is 5.91 Å². The molecule has 0 N–H and O–H groups in total. The summed E-state index contributed by atoms with van der Waals surface area (Å²) in [7, 11) is 0. The molecule has 0 radical (unpaired) electrons. The highest BCUT2D eigenvalue weighted by atomic mass is 16.5. The van der Waals surface area contributed by atoms with E-state index >= 15 is 0 Å². The lowest BCUT2D eigenvalue weighted by Gasteiger charge is -2.61. The number of ether oxygens (including phenoxy) is 1. The highest BCUT2D eigenvalue weighted by molar-refractivity contribution is 5.83. The number of hydrogen-bond acceptors (Lipinski definition) is 5. The van der Waals surface area contributed by atoms with Gasteiger partial charge in [-0.05, 0) is 64.2 Å². The number of piperazine rings is 1. The van der Waals surface area contributed by atoms with E-state index in [1.807, 2.05) is 6.33 Å². The standard InChI is InChI=1S/C22H35N5O2/c1-17(2)29-8-7-25-3-5-26(6-4-25)20(28)21-10-18-9-19(11-21)13-22(12-18,14-21)27-16-23-15-24-27/h15-19H,3-14H2,1-2H3/t18-,19-,21?,22?/m0/s1. The lowest BCUT2D eigenvalue weighted by molar-refractivity contribution is -0.168. The first-order valence-electron chi connectivity index (χ1n) is 11.5. The SMILES string of the molecule is CC(C)OCCN1CCN(C(=O)C23C[C@@H]4C[C@@H](C2)CC(n2cncn2)(C4)C3)CC1. The Morgan fingerprint density at radius 2 is 1.86 bits per heavy atom. The van der Waals surface area contributed by atoms with Crippen LogP contribution in [0.1, 0.15) is 52.4 Å². The van der Waals surface area contributed by atoms with Crippen LogP contribution in [0.15, 0.2) is 12.7 Å². The molecule has 1 aliphatic heterocycles. The van der Waals surface area contributed by atoms with Gasteiger partial charge in [-0.1, -0.05) is 0 Å². The molecule has 0 spiro atoms. The summed E-state index contributed by atoms with van der Waals surface area (Å²) in [5.74, 6) is 1.76. The average molecular weight is 402 g/mol. The van der Waals surface area contributed by atoms with E-state index in [-0.39, 0.29) is 17.1 Å². The van der Waals surface area contributed by atoms with E-state index in [9.17, 15) is 4.79 Å². The average Bonchev–Trinajstić information content (AvgIpc) is 3.22. The molecule has 1 amide bonds. The molecule has 4 saturated carbocycles. The highest BCUT2D eigenvalue weighted by Gasteiger charge is 2.62. The van der Waals surface area contributed by atoms with E-state index in [1.54, 1.807) is 6.33 Å². The quantitative estimate of drug-likeness (QED) is 0.731. The van der Waals surface area contributed by atoms with Crippen LogP contribution in [-0.4, -0.2) is 75.9 Å². The van der Waals surface area contributed by atoms with Gasteiger partial charge in [-0.3, -0.25) is 9.69 Å². The normalized spacial score (nSPS) is 36.9. The van der Waals surface area contributed by atoms with Gasteiger partial charge >= 0.3 is 0 Å². The molecule has 7 heteroatoms. The Balaban J connectivity index is 1.26. The van der Waals surface area contributed by atoms with Gasteiger partial charge in [0.05, 0.1) is 23.7 Å². The second-order valence-electron chi connectivity index (χ2n) is 10.4. The molecule has 0 unspecified atom stereocenters. The van der Waals surface area contributed by atoms with E-state index in [0.29, 0.717) is 17.7 Å². The van der Waals surface area contributed by atoms with Crippen LogP contribution in [0.4, 0.5) is 0 Å². The molecule has 6 rings (SSSR count). The number of hydrogen-bond donors (Lipinski definition) is 0. The third-order valence-corrected chi connectivity index (χ3v) is 7.91. The van der Waals surface area contributed by atoms with Crippen LogP contribution < -0.4 is 0 Å². The van der Waals surface area contributed by atoms with Gasteiger partial charge in [-0.15, -0.1) is 0 Å². The molecule has 1 saturated heterocycles. The van der Waals surface area contributed by atoms with Crippen molar-refractivity contribution in [3.05, 3.63) is 12.7 Å². The molecule has 5 aliphatic rings. The Morgan fingerprint density at radius 1 is 1.14 bits per heavy atom. The number of carbonyl (C=O) groups is 1. The van der Waals surface area contributed by atoms with Crippen molar-refractivity contribution in [2.45, 2.75) is 64.0 Å². The Bertz CT molecular complexity index is 712. The maximum Gasteiger partial charge on any atom is 0.228 e. The molecule has 4 bridgehead atoms. The molecule has 1 aromatic heterocycles. The van der Waals surface area contributed by atoms with Gasteiger partial charge in [-0.25, -0.2) is 9.67 Å². The van der Waals surface area contributed by atoms with Crippen LogP contribution in [0.25, 0.3) is 0 Å². The van der Waals surface area contributed by atoms with Gasteiger partial charge in [0.2, 0.25) is 5.91 Å². The number of nitrogens with zero attached hydrogens (tertiary/aromatic N) is 5. The predicted octanol–water partition coefficient (Wildman–Crippen LogP) is 2.14. The van der Waals surface area contributed by atoms with Gasteiger partial charge < -0.3 is 9.64 Å². The Labute approximate surface area is 173 Å². The predicted molar refractivity (Wildman–Crippen MR) is 109 cm³/mol. The molecule has 29 heavy (non-hydrogen) atoms. The molecule has 2 heterocycles. The van der Waals surface area contributed by atoms with Crippen LogP contribution in [0.5, 0.6) is 0 Å². The second-order valence-corrected chi connectivity index (χ2v) is 10.4. The first-order chi connectivity index (χ1) is 14.0. The monoisotopic (exact) mass is 401 g/mol. The number of rotatable bonds is 6. The van der Waals surface area contributed by atoms with Crippen molar-refractivity contribution in [2.24, 2.45) is 17.3 Å². The van der Waals surface area contributed by atoms with Crippen molar-refractivity contribution < 1.29 is 9.53 Å². The van der Waals surface area contributed by atoms with Gasteiger partial charge in [-0.2, -0.15) is 5.10 Å². The summed E-state index contributed by atoms with van der Waals surface area (Å²) in [6, 6.07) is 0. The van der Waals surface area contributed by atoms with Crippen molar-refractivity contribution in [1.29, 1.82) is 0 Å². The van der Waals surface area contributed by atoms with E-state index in [0.717, 1.165) is 58.6 Å². The topological polar surface area (TPSA) is 63.5 Å². The minimum Gasteiger partial charge on any atom is -0.377 e. The summed E-state index contributed by atoms with van der Waals surface area (Å²) in [6.45, 7) is 9.53. The summed E-state index contributed by atoms with van der Waals surface area (Å²) in [5.41, 5.74) is -0.148. The maximum absolute atomic E-state index is 13.8. The van der Waals surface area contributed by atoms with Gasteiger partial charge in [0.25, 0.3) is 0 Å².